The molecule has 2 N–H and O–H groups in total. The normalized spacial score (nSPS) is 11.1. The molecule has 1 heterocycles. The van der Waals surface area contributed by atoms with E-state index in [1.54, 1.807) is 10.8 Å². The number of hydrogen-bond donors (Lipinski definition) is 2. The molecule has 1 aromatic heterocycles. The predicted molar refractivity (Wildman–Crippen MR) is 130 cm³/mol. The van der Waals surface area contributed by atoms with E-state index in [0.29, 0.717) is 16.9 Å². The minimum atomic E-state index is -0.311. The first-order valence-electron chi connectivity index (χ1n) is 9.91. The number of hydrogen-bond acceptors (Lipinski definition) is 5. The van der Waals surface area contributed by atoms with Crippen molar-refractivity contribution in [2.45, 2.75) is 37.6 Å². The lowest BCUT2D eigenvalue weighted by Crippen LogP contribution is -2.37. The summed E-state index contributed by atoms with van der Waals surface area (Å²) in [5.41, 5.74) is 6.38. The minimum Gasteiger partial charge on any atom is -0.298 e. The highest BCUT2D eigenvalue weighted by Crippen LogP contribution is 2.20. The first kappa shape index (κ1) is 22.7. The molecule has 3 aromatic rings. The highest BCUT2D eigenvalue weighted by molar-refractivity contribution is 7.98. The number of nitrogens with zero attached hydrogens (tertiary/aromatic N) is 3. The van der Waals surface area contributed by atoms with Crippen molar-refractivity contribution >= 4 is 41.1 Å². The lowest BCUT2D eigenvalue weighted by atomic mass is 10.0. The summed E-state index contributed by atoms with van der Waals surface area (Å²) in [7, 11) is 0. The predicted octanol–water partition coefficient (Wildman–Crippen LogP) is 4.66. The number of carbonyl (C=O) groups is 1. The first-order chi connectivity index (χ1) is 14.9. The second kappa shape index (κ2) is 10.9. The zero-order valence-electron chi connectivity index (χ0n) is 17.7. The average Bonchev–Trinajstić information content (AvgIpc) is 3.11. The Morgan fingerprint density at radius 1 is 1.13 bits per heavy atom. The van der Waals surface area contributed by atoms with Crippen LogP contribution in [0, 0.1) is 6.92 Å². The van der Waals surface area contributed by atoms with Gasteiger partial charge in [0.1, 0.15) is 5.82 Å². The Kier molecular flexibility index (Phi) is 7.97. The smallest absolute Gasteiger partial charge is 0.250 e. The molecule has 8 heteroatoms. The van der Waals surface area contributed by atoms with Gasteiger partial charge >= 0.3 is 0 Å². The van der Waals surface area contributed by atoms with Crippen LogP contribution in [0.15, 0.2) is 65.8 Å². The SMILES string of the molecule is Cc1nnc(SCc2ccccc2)n1NC(=S)NC(=O)/C=C/c1ccc(C(C)C)cc1. The van der Waals surface area contributed by atoms with Crippen LogP contribution >= 0.6 is 24.0 Å². The van der Waals surface area contributed by atoms with Crippen LogP contribution in [0.25, 0.3) is 6.08 Å². The fourth-order valence-corrected chi connectivity index (χ4v) is 3.82. The summed E-state index contributed by atoms with van der Waals surface area (Å²) in [6, 6.07) is 18.2. The Morgan fingerprint density at radius 3 is 2.52 bits per heavy atom. The molecular weight excluding hydrogens is 426 g/mol. The van der Waals surface area contributed by atoms with E-state index < -0.39 is 0 Å². The third-order valence-electron chi connectivity index (χ3n) is 4.49. The van der Waals surface area contributed by atoms with E-state index in [-0.39, 0.29) is 11.0 Å². The maximum absolute atomic E-state index is 12.2. The summed E-state index contributed by atoms with van der Waals surface area (Å²) in [6.45, 7) is 6.11. The zero-order valence-corrected chi connectivity index (χ0v) is 19.3. The number of thioether (sulfide) groups is 1. The maximum atomic E-state index is 12.2. The fourth-order valence-electron chi connectivity index (χ4n) is 2.73. The van der Waals surface area contributed by atoms with E-state index in [9.17, 15) is 4.79 Å². The Bertz CT molecular complexity index is 1060. The first-order valence-corrected chi connectivity index (χ1v) is 11.3. The maximum Gasteiger partial charge on any atom is 0.250 e. The molecule has 0 aliphatic heterocycles. The van der Waals surface area contributed by atoms with Crippen LogP contribution in [0.1, 0.15) is 42.3 Å². The van der Waals surface area contributed by atoms with Crippen molar-refractivity contribution in [3.63, 3.8) is 0 Å². The number of thiocarbonyl (C=S) groups is 1. The van der Waals surface area contributed by atoms with Gasteiger partial charge < -0.3 is 0 Å². The monoisotopic (exact) mass is 451 g/mol. The standard InChI is InChI=1S/C23H25N5OS2/c1-16(2)20-12-9-18(10-13-20)11-14-21(29)24-22(30)27-28-17(3)25-26-23(28)31-15-19-7-5-4-6-8-19/h4-14,16H,15H2,1-3H3,(H2,24,27,29,30)/b14-11+. The number of benzene rings is 2. The molecule has 0 aliphatic rings. The number of carbonyl (C=O) groups excluding carboxylic acids is 1. The Balaban J connectivity index is 1.55. The molecule has 1 amide bonds. The summed E-state index contributed by atoms with van der Waals surface area (Å²) >= 11 is 6.82. The second-order valence-corrected chi connectivity index (χ2v) is 8.58. The van der Waals surface area contributed by atoms with Gasteiger partial charge in [0.25, 0.3) is 0 Å². The van der Waals surface area contributed by atoms with Gasteiger partial charge in [0.15, 0.2) is 5.11 Å². The topological polar surface area (TPSA) is 71.8 Å². The molecular formula is C23H25N5OS2. The van der Waals surface area contributed by atoms with Gasteiger partial charge in [0.05, 0.1) is 0 Å². The lowest BCUT2D eigenvalue weighted by Gasteiger charge is -2.12. The molecule has 6 nitrogen and oxygen atoms in total. The molecule has 0 saturated carbocycles. The van der Waals surface area contributed by atoms with Crippen LogP contribution in [0.5, 0.6) is 0 Å². The van der Waals surface area contributed by atoms with Crippen LogP contribution in [0.2, 0.25) is 0 Å². The lowest BCUT2D eigenvalue weighted by molar-refractivity contribution is -0.115. The van der Waals surface area contributed by atoms with E-state index in [2.05, 4.69) is 59.1 Å². The number of aromatic nitrogens is 3. The van der Waals surface area contributed by atoms with Crippen molar-refractivity contribution in [2.24, 2.45) is 0 Å². The van der Waals surface area contributed by atoms with Gasteiger partial charge in [0, 0.05) is 11.8 Å². The molecule has 0 saturated heterocycles. The molecule has 2 aromatic carbocycles. The molecule has 0 fully saturated rings. The molecule has 3 rings (SSSR count). The van der Waals surface area contributed by atoms with Crippen LogP contribution in [0.3, 0.4) is 0 Å². The minimum absolute atomic E-state index is 0.175. The number of amides is 1. The third kappa shape index (κ3) is 6.77. The van der Waals surface area contributed by atoms with Gasteiger partial charge in [-0.2, -0.15) is 0 Å². The number of aryl methyl sites for hydroxylation is 1. The molecule has 0 unspecified atom stereocenters. The average molecular weight is 452 g/mol. The number of rotatable bonds is 7. The molecule has 0 radical (unpaired) electrons. The van der Waals surface area contributed by atoms with Gasteiger partial charge in [-0.3, -0.25) is 15.5 Å². The highest BCUT2D eigenvalue weighted by atomic mass is 32.2. The number of nitrogens with one attached hydrogen (secondary N) is 2. The largest absolute Gasteiger partial charge is 0.298 e. The van der Waals surface area contributed by atoms with Crippen molar-refractivity contribution in [3.05, 3.63) is 83.2 Å². The summed E-state index contributed by atoms with van der Waals surface area (Å²) in [4.78, 5) is 12.2. The van der Waals surface area contributed by atoms with Crippen LogP contribution in [0.4, 0.5) is 0 Å². The van der Waals surface area contributed by atoms with Gasteiger partial charge in [0.2, 0.25) is 11.1 Å². The molecule has 0 aliphatic carbocycles. The summed E-state index contributed by atoms with van der Waals surface area (Å²) in [6.07, 6.45) is 3.22. The summed E-state index contributed by atoms with van der Waals surface area (Å²) in [5, 5.41) is 11.8. The van der Waals surface area contributed by atoms with E-state index in [1.807, 2.05) is 37.3 Å². The Labute approximate surface area is 192 Å². The van der Waals surface area contributed by atoms with Crippen LogP contribution in [-0.4, -0.2) is 25.9 Å². The highest BCUT2D eigenvalue weighted by Gasteiger charge is 2.12. The summed E-state index contributed by atoms with van der Waals surface area (Å²) in [5.74, 6) is 1.56. The van der Waals surface area contributed by atoms with Crippen molar-refractivity contribution in [2.75, 3.05) is 5.43 Å². The van der Waals surface area contributed by atoms with Crippen molar-refractivity contribution in [1.29, 1.82) is 0 Å². The van der Waals surface area contributed by atoms with Crippen molar-refractivity contribution in [3.8, 4) is 0 Å². The molecule has 0 bridgehead atoms. The van der Waals surface area contributed by atoms with E-state index in [4.69, 9.17) is 12.2 Å². The molecule has 160 valence electrons. The van der Waals surface area contributed by atoms with Crippen LogP contribution in [-0.2, 0) is 10.5 Å². The fraction of sp³-hybridized carbons (Fsp3) is 0.217. The van der Waals surface area contributed by atoms with E-state index in [1.165, 1.54) is 29.0 Å². The van der Waals surface area contributed by atoms with E-state index >= 15 is 0 Å². The van der Waals surface area contributed by atoms with Crippen molar-refractivity contribution in [1.82, 2.24) is 20.2 Å². The van der Waals surface area contributed by atoms with Gasteiger partial charge in [-0.1, -0.05) is 80.2 Å². The van der Waals surface area contributed by atoms with Gasteiger partial charge in [-0.15, -0.1) is 10.2 Å². The summed E-state index contributed by atoms with van der Waals surface area (Å²) < 4.78 is 1.67. The third-order valence-corrected chi connectivity index (χ3v) is 5.68. The quantitative estimate of drug-likeness (QED) is 0.309. The Morgan fingerprint density at radius 2 is 1.84 bits per heavy atom. The molecule has 31 heavy (non-hydrogen) atoms. The zero-order chi connectivity index (χ0) is 22.2. The second-order valence-electron chi connectivity index (χ2n) is 7.22. The van der Waals surface area contributed by atoms with E-state index in [0.717, 1.165) is 11.3 Å². The van der Waals surface area contributed by atoms with Gasteiger partial charge in [-0.05, 0) is 47.8 Å². The van der Waals surface area contributed by atoms with Crippen molar-refractivity contribution < 1.29 is 4.79 Å². The van der Waals surface area contributed by atoms with Crippen LogP contribution < -0.4 is 10.7 Å². The molecule has 0 spiro atoms. The molecule has 0 atom stereocenters. The Hall–Kier alpha value is -2.97. The van der Waals surface area contributed by atoms with Gasteiger partial charge in [-0.25, -0.2) is 4.68 Å².